The van der Waals surface area contributed by atoms with Gasteiger partial charge in [-0.1, -0.05) is 26.8 Å². The van der Waals surface area contributed by atoms with Crippen LogP contribution in [0.1, 0.15) is 52.0 Å². The van der Waals surface area contributed by atoms with Gasteiger partial charge in [-0.05, 0) is 74.3 Å². The van der Waals surface area contributed by atoms with Crippen LogP contribution in [0, 0.1) is 11.2 Å². The first-order valence-corrected chi connectivity index (χ1v) is 9.03. The Morgan fingerprint density at radius 1 is 0.957 bits per heavy atom. The van der Waals surface area contributed by atoms with E-state index < -0.39 is 0 Å². The number of hydrogen-bond donors (Lipinski definition) is 0. The summed E-state index contributed by atoms with van der Waals surface area (Å²) in [7, 11) is 2.22. The van der Waals surface area contributed by atoms with Gasteiger partial charge in [0.2, 0.25) is 0 Å². The second-order valence-electron chi connectivity index (χ2n) is 8.71. The number of nitrogens with zero attached hydrogens (tertiary/aromatic N) is 2. The van der Waals surface area contributed by atoms with Gasteiger partial charge in [0.05, 0.1) is 5.69 Å². The summed E-state index contributed by atoms with van der Waals surface area (Å²) in [6, 6.07) is 5.82. The van der Waals surface area contributed by atoms with Crippen molar-refractivity contribution in [3.8, 4) is 0 Å². The second-order valence-corrected chi connectivity index (χ2v) is 8.71. The minimum atomic E-state index is -0.0586. The summed E-state index contributed by atoms with van der Waals surface area (Å²) in [5, 5.41) is 0. The molecule has 0 saturated carbocycles. The predicted molar refractivity (Wildman–Crippen MR) is 95.7 cm³/mol. The summed E-state index contributed by atoms with van der Waals surface area (Å²) in [6.07, 6.45) is 5.04. The molecule has 2 saturated heterocycles. The van der Waals surface area contributed by atoms with E-state index in [1.807, 2.05) is 6.07 Å². The molecule has 3 heteroatoms. The fraction of sp³-hybridized carbons (Fsp3) is 0.700. The molecule has 0 N–H and O–H groups in total. The zero-order valence-electron chi connectivity index (χ0n) is 15.2. The first-order valence-electron chi connectivity index (χ1n) is 9.03. The highest BCUT2D eigenvalue weighted by molar-refractivity contribution is 5.50. The largest absolute Gasteiger partial charge is 0.369 e. The lowest BCUT2D eigenvalue weighted by molar-refractivity contribution is 0.0943. The Balaban J connectivity index is 1.68. The number of benzene rings is 1. The van der Waals surface area contributed by atoms with Gasteiger partial charge in [-0.15, -0.1) is 0 Å². The minimum absolute atomic E-state index is 0.000545. The normalized spacial score (nSPS) is 22.6. The van der Waals surface area contributed by atoms with Crippen LogP contribution in [0.5, 0.6) is 0 Å². The van der Waals surface area contributed by atoms with Crippen molar-refractivity contribution in [3.63, 3.8) is 0 Å². The molecule has 2 aliphatic heterocycles. The molecule has 23 heavy (non-hydrogen) atoms. The van der Waals surface area contributed by atoms with Crippen molar-refractivity contribution in [1.82, 2.24) is 4.90 Å². The van der Waals surface area contributed by atoms with Gasteiger partial charge in [-0.25, -0.2) is 4.39 Å². The van der Waals surface area contributed by atoms with Gasteiger partial charge in [0, 0.05) is 13.1 Å². The topological polar surface area (TPSA) is 6.48 Å². The van der Waals surface area contributed by atoms with Crippen molar-refractivity contribution in [2.75, 3.05) is 38.1 Å². The molecule has 3 rings (SSSR count). The lowest BCUT2D eigenvalue weighted by Gasteiger charge is -2.47. The van der Waals surface area contributed by atoms with Crippen LogP contribution in [0.2, 0.25) is 0 Å². The molecule has 128 valence electrons. The number of rotatable bonds is 1. The molecule has 0 unspecified atom stereocenters. The summed E-state index contributed by atoms with van der Waals surface area (Å²) < 4.78 is 14.6. The molecule has 2 aliphatic rings. The van der Waals surface area contributed by atoms with E-state index in [2.05, 4.69) is 43.7 Å². The van der Waals surface area contributed by atoms with Gasteiger partial charge in [-0.3, -0.25) is 0 Å². The molecular formula is C20H31FN2. The van der Waals surface area contributed by atoms with E-state index in [9.17, 15) is 4.39 Å². The third-order valence-electron chi connectivity index (χ3n) is 6.03. The smallest absolute Gasteiger partial charge is 0.146 e. The highest BCUT2D eigenvalue weighted by atomic mass is 19.1. The lowest BCUT2D eigenvalue weighted by Crippen LogP contribution is -2.46. The Labute approximate surface area is 140 Å². The van der Waals surface area contributed by atoms with E-state index in [1.165, 1.54) is 38.8 Å². The fourth-order valence-corrected chi connectivity index (χ4v) is 4.04. The lowest BCUT2D eigenvalue weighted by atomic mass is 9.71. The van der Waals surface area contributed by atoms with Gasteiger partial charge in [0.15, 0.2) is 0 Å². The summed E-state index contributed by atoms with van der Waals surface area (Å²) in [5.74, 6) is -0.0586. The molecule has 1 aromatic carbocycles. The minimum Gasteiger partial charge on any atom is -0.369 e. The molecule has 0 aromatic heterocycles. The summed E-state index contributed by atoms with van der Waals surface area (Å²) in [4.78, 5) is 4.69. The fourth-order valence-electron chi connectivity index (χ4n) is 4.04. The molecule has 0 aliphatic carbocycles. The van der Waals surface area contributed by atoms with E-state index >= 15 is 0 Å². The molecule has 1 spiro atoms. The van der Waals surface area contributed by atoms with Crippen molar-refractivity contribution in [2.45, 2.75) is 51.9 Å². The first-order chi connectivity index (χ1) is 10.8. The van der Waals surface area contributed by atoms with Crippen LogP contribution in [0.25, 0.3) is 0 Å². The summed E-state index contributed by atoms with van der Waals surface area (Å²) in [6.45, 7) is 10.8. The summed E-state index contributed by atoms with van der Waals surface area (Å²) >= 11 is 0. The van der Waals surface area contributed by atoms with Crippen LogP contribution >= 0.6 is 0 Å². The van der Waals surface area contributed by atoms with E-state index in [4.69, 9.17) is 0 Å². The van der Waals surface area contributed by atoms with Gasteiger partial charge in [0.25, 0.3) is 0 Å². The molecule has 0 atom stereocenters. The average molecular weight is 318 g/mol. The maximum Gasteiger partial charge on any atom is 0.146 e. The zero-order chi connectivity index (χ0) is 16.7. The highest BCUT2D eigenvalue weighted by Crippen LogP contribution is 2.42. The van der Waals surface area contributed by atoms with E-state index in [0.717, 1.165) is 24.3 Å². The highest BCUT2D eigenvalue weighted by Gasteiger charge is 2.37. The number of piperidine rings is 2. The Morgan fingerprint density at radius 3 is 2.04 bits per heavy atom. The van der Waals surface area contributed by atoms with Crippen molar-refractivity contribution in [2.24, 2.45) is 5.41 Å². The third-order valence-corrected chi connectivity index (χ3v) is 6.03. The maximum atomic E-state index is 14.6. The number of halogens is 1. The number of hydrogen-bond acceptors (Lipinski definition) is 2. The monoisotopic (exact) mass is 318 g/mol. The SMILES string of the molecule is CN1CCC2(CC1)CCN(c1ccc(C(C)(C)C)cc1F)CC2. The summed E-state index contributed by atoms with van der Waals surface area (Å²) in [5.41, 5.74) is 2.38. The third kappa shape index (κ3) is 3.55. The average Bonchev–Trinajstić information content (AvgIpc) is 2.51. The van der Waals surface area contributed by atoms with Gasteiger partial charge >= 0.3 is 0 Å². The van der Waals surface area contributed by atoms with Crippen LogP contribution in [0.15, 0.2) is 18.2 Å². The van der Waals surface area contributed by atoms with Crippen LogP contribution in [0.4, 0.5) is 10.1 Å². The number of anilines is 1. The standard InChI is InChI=1S/C20H31FN2/c1-19(2,3)16-5-6-18(17(21)15-16)23-13-9-20(10-14-23)7-11-22(4)12-8-20/h5-6,15H,7-14H2,1-4H3. The zero-order valence-corrected chi connectivity index (χ0v) is 15.2. The Hall–Kier alpha value is -1.09. The molecule has 2 fully saturated rings. The van der Waals surface area contributed by atoms with Crippen molar-refractivity contribution < 1.29 is 4.39 Å². The quantitative estimate of drug-likeness (QED) is 0.755. The van der Waals surface area contributed by atoms with E-state index in [1.54, 1.807) is 6.07 Å². The Bertz CT molecular complexity index is 543. The Kier molecular flexibility index (Phi) is 4.43. The van der Waals surface area contributed by atoms with Crippen molar-refractivity contribution in [1.29, 1.82) is 0 Å². The molecule has 0 bridgehead atoms. The van der Waals surface area contributed by atoms with Crippen molar-refractivity contribution >= 4 is 5.69 Å². The molecule has 1 aromatic rings. The van der Waals surface area contributed by atoms with Crippen LogP contribution < -0.4 is 4.90 Å². The Morgan fingerprint density at radius 2 is 1.52 bits per heavy atom. The predicted octanol–water partition coefficient (Wildman–Crippen LogP) is 4.44. The van der Waals surface area contributed by atoms with Gasteiger partial charge in [-0.2, -0.15) is 0 Å². The first kappa shape index (κ1) is 16.8. The molecule has 2 nitrogen and oxygen atoms in total. The van der Waals surface area contributed by atoms with Gasteiger partial charge in [0.1, 0.15) is 5.82 Å². The number of likely N-dealkylation sites (tertiary alicyclic amines) is 1. The van der Waals surface area contributed by atoms with Crippen LogP contribution in [-0.4, -0.2) is 38.1 Å². The van der Waals surface area contributed by atoms with Crippen molar-refractivity contribution in [3.05, 3.63) is 29.6 Å². The molecule has 0 amide bonds. The molecule has 2 heterocycles. The molecule has 0 radical (unpaired) electrons. The van der Waals surface area contributed by atoms with E-state index in [0.29, 0.717) is 5.41 Å². The maximum absolute atomic E-state index is 14.6. The molecular weight excluding hydrogens is 287 g/mol. The van der Waals surface area contributed by atoms with Crippen LogP contribution in [0.3, 0.4) is 0 Å². The second kappa shape index (κ2) is 6.08. The van der Waals surface area contributed by atoms with Crippen LogP contribution in [-0.2, 0) is 5.41 Å². The van der Waals surface area contributed by atoms with E-state index in [-0.39, 0.29) is 11.2 Å². The van der Waals surface area contributed by atoms with Gasteiger partial charge < -0.3 is 9.80 Å².